The van der Waals surface area contributed by atoms with Gasteiger partial charge < -0.3 is 20.1 Å². The predicted octanol–water partition coefficient (Wildman–Crippen LogP) is 6.35. The molecule has 0 spiro atoms. The minimum Gasteiger partial charge on any atom is -0.353 e. The summed E-state index contributed by atoms with van der Waals surface area (Å²) in [6, 6.07) is 19.1. The molecule has 10 heteroatoms. The Balaban J connectivity index is 1.33. The molecule has 5 rings (SSSR count). The maximum atomic E-state index is 13.1. The van der Waals surface area contributed by atoms with Gasteiger partial charge in [0, 0.05) is 56.2 Å². The van der Waals surface area contributed by atoms with E-state index >= 15 is 0 Å². The van der Waals surface area contributed by atoms with Crippen LogP contribution < -0.4 is 21.1 Å². The maximum absolute atomic E-state index is 13.1. The quantitative estimate of drug-likeness (QED) is 0.132. The van der Waals surface area contributed by atoms with Crippen LogP contribution in [0, 0.1) is 6.92 Å². The summed E-state index contributed by atoms with van der Waals surface area (Å²) in [5.41, 5.74) is 5.37. The number of nitrogens with one attached hydrogen (secondary N) is 2. The first kappa shape index (κ1) is 31.6. The third kappa shape index (κ3) is 7.13. The molecule has 1 aliphatic rings. The Labute approximate surface area is 272 Å². The number of aryl methyl sites for hydroxylation is 1. The van der Waals surface area contributed by atoms with Crippen molar-refractivity contribution in [1.82, 2.24) is 19.7 Å². The van der Waals surface area contributed by atoms with Gasteiger partial charge in [-0.05, 0) is 72.4 Å². The lowest BCUT2D eigenvalue weighted by atomic mass is 9.86. The molecule has 1 aliphatic heterocycles. The normalized spacial score (nSPS) is 14.8. The molecule has 1 atom stereocenters. The second-order valence-corrected chi connectivity index (χ2v) is 14.1. The first-order valence-electron chi connectivity index (χ1n) is 14.9. The summed E-state index contributed by atoms with van der Waals surface area (Å²) in [7, 11) is 1.73. The SMILES string of the molecule is Cc1c(NC(=O)c2ccc(C(C)(C)C)cc2)cccc1-c1cc(Nc2ccc(N3CCN(C(C)I)CC3)nn2)c(=O)n(C)c1. The molecule has 230 valence electrons. The number of piperazine rings is 1. The van der Waals surface area contributed by atoms with Crippen LogP contribution >= 0.6 is 22.6 Å². The number of benzene rings is 2. The summed E-state index contributed by atoms with van der Waals surface area (Å²) in [4.78, 5) is 30.9. The first-order valence-corrected chi connectivity index (χ1v) is 16.1. The largest absolute Gasteiger partial charge is 0.353 e. The molecule has 1 saturated heterocycles. The zero-order valence-electron chi connectivity index (χ0n) is 26.2. The van der Waals surface area contributed by atoms with Gasteiger partial charge in [0.2, 0.25) is 0 Å². The van der Waals surface area contributed by atoms with Crippen LogP contribution in [0.3, 0.4) is 0 Å². The fourth-order valence-electron chi connectivity index (χ4n) is 5.35. The molecule has 4 aromatic rings. The molecule has 2 aromatic carbocycles. The van der Waals surface area contributed by atoms with Crippen LogP contribution in [0.2, 0.25) is 0 Å². The molecule has 1 amide bonds. The number of hydrogen-bond acceptors (Lipinski definition) is 7. The molecule has 0 saturated carbocycles. The summed E-state index contributed by atoms with van der Waals surface area (Å²) in [6.07, 6.45) is 1.80. The van der Waals surface area contributed by atoms with E-state index in [4.69, 9.17) is 0 Å². The molecule has 1 unspecified atom stereocenters. The molecule has 0 radical (unpaired) electrons. The van der Waals surface area contributed by atoms with E-state index in [9.17, 15) is 9.59 Å². The number of hydrogen-bond donors (Lipinski definition) is 2. The summed E-state index contributed by atoms with van der Waals surface area (Å²) in [5, 5.41) is 15.1. The topological polar surface area (TPSA) is 95.4 Å². The highest BCUT2D eigenvalue weighted by atomic mass is 127. The number of anilines is 4. The fourth-order valence-corrected chi connectivity index (χ4v) is 5.91. The first-order chi connectivity index (χ1) is 20.9. The van der Waals surface area contributed by atoms with Crippen molar-refractivity contribution in [3.8, 4) is 11.1 Å². The molecular weight excluding hydrogens is 665 g/mol. The third-order valence-electron chi connectivity index (χ3n) is 8.14. The Kier molecular flexibility index (Phi) is 9.40. The molecule has 1 fully saturated rings. The van der Waals surface area contributed by atoms with E-state index in [1.807, 2.05) is 67.6 Å². The Morgan fingerprint density at radius 3 is 2.27 bits per heavy atom. The van der Waals surface area contributed by atoms with Crippen molar-refractivity contribution >= 4 is 51.5 Å². The molecule has 2 aromatic heterocycles. The average Bonchev–Trinajstić information content (AvgIpc) is 3.00. The lowest BCUT2D eigenvalue weighted by Crippen LogP contribution is -2.48. The number of carbonyl (C=O) groups is 1. The van der Waals surface area contributed by atoms with E-state index < -0.39 is 0 Å². The van der Waals surface area contributed by atoms with Gasteiger partial charge in [-0.3, -0.25) is 14.5 Å². The van der Waals surface area contributed by atoms with Crippen molar-refractivity contribution in [1.29, 1.82) is 0 Å². The Bertz CT molecular complexity index is 1690. The van der Waals surface area contributed by atoms with Gasteiger partial charge in [-0.15, -0.1) is 10.2 Å². The van der Waals surface area contributed by atoms with Crippen LogP contribution in [0.1, 0.15) is 49.2 Å². The van der Waals surface area contributed by atoms with Gasteiger partial charge in [0.25, 0.3) is 11.5 Å². The van der Waals surface area contributed by atoms with Crippen LogP contribution in [0.25, 0.3) is 11.1 Å². The van der Waals surface area contributed by atoms with E-state index in [2.05, 4.69) is 80.9 Å². The molecular formula is C34H40IN7O2. The number of alkyl halides is 1. The maximum Gasteiger partial charge on any atom is 0.274 e. The second kappa shape index (κ2) is 13.1. The highest BCUT2D eigenvalue weighted by Gasteiger charge is 2.21. The number of rotatable bonds is 7. The predicted molar refractivity (Wildman–Crippen MR) is 188 cm³/mol. The van der Waals surface area contributed by atoms with E-state index in [1.165, 1.54) is 5.56 Å². The molecule has 2 N–H and O–H groups in total. The van der Waals surface area contributed by atoms with Crippen LogP contribution in [-0.4, -0.2) is 55.8 Å². The van der Waals surface area contributed by atoms with Crippen molar-refractivity contribution in [3.05, 3.63) is 93.9 Å². The van der Waals surface area contributed by atoms with Gasteiger partial charge in [-0.2, -0.15) is 0 Å². The van der Waals surface area contributed by atoms with Crippen molar-refractivity contribution in [2.75, 3.05) is 41.7 Å². The zero-order chi connectivity index (χ0) is 31.6. The van der Waals surface area contributed by atoms with Crippen LogP contribution in [-0.2, 0) is 12.5 Å². The van der Waals surface area contributed by atoms with Crippen molar-refractivity contribution in [2.45, 2.75) is 44.1 Å². The zero-order valence-corrected chi connectivity index (χ0v) is 28.3. The Hall–Kier alpha value is -3.77. The van der Waals surface area contributed by atoms with Gasteiger partial charge in [-0.25, -0.2) is 0 Å². The highest BCUT2D eigenvalue weighted by Crippen LogP contribution is 2.30. The lowest BCUT2D eigenvalue weighted by molar-refractivity contribution is 0.102. The van der Waals surface area contributed by atoms with Crippen molar-refractivity contribution < 1.29 is 4.79 Å². The second-order valence-electron chi connectivity index (χ2n) is 12.3. The minimum atomic E-state index is -0.176. The van der Waals surface area contributed by atoms with Crippen LogP contribution in [0.5, 0.6) is 0 Å². The van der Waals surface area contributed by atoms with E-state index in [0.717, 1.165) is 48.7 Å². The van der Waals surface area contributed by atoms with E-state index in [-0.39, 0.29) is 16.9 Å². The summed E-state index contributed by atoms with van der Waals surface area (Å²) >= 11 is 2.45. The summed E-state index contributed by atoms with van der Waals surface area (Å²) < 4.78 is 2.06. The average molecular weight is 706 g/mol. The van der Waals surface area contributed by atoms with E-state index in [0.29, 0.717) is 26.8 Å². The van der Waals surface area contributed by atoms with Gasteiger partial charge in [0.1, 0.15) is 5.69 Å². The number of carbonyl (C=O) groups excluding carboxylic acids is 1. The number of aromatic nitrogens is 3. The van der Waals surface area contributed by atoms with Gasteiger partial charge in [0.15, 0.2) is 11.6 Å². The monoisotopic (exact) mass is 705 g/mol. The number of amides is 1. The Morgan fingerprint density at radius 1 is 0.955 bits per heavy atom. The molecule has 0 bridgehead atoms. The summed E-state index contributed by atoms with van der Waals surface area (Å²) in [6.45, 7) is 14.4. The highest BCUT2D eigenvalue weighted by molar-refractivity contribution is 14.1. The van der Waals surface area contributed by atoms with E-state index in [1.54, 1.807) is 17.8 Å². The smallest absolute Gasteiger partial charge is 0.274 e. The van der Waals surface area contributed by atoms with Crippen molar-refractivity contribution in [2.24, 2.45) is 7.05 Å². The van der Waals surface area contributed by atoms with Gasteiger partial charge in [0.05, 0.1) is 4.05 Å². The Morgan fingerprint density at radius 2 is 1.66 bits per heavy atom. The summed E-state index contributed by atoms with van der Waals surface area (Å²) in [5.74, 6) is 1.16. The van der Waals surface area contributed by atoms with Gasteiger partial charge in [-0.1, -0.05) is 67.6 Å². The molecule has 44 heavy (non-hydrogen) atoms. The van der Waals surface area contributed by atoms with Gasteiger partial charge >= 0.3 is 0 Å². The standard InChI is InChI=1S/C34H40IN7O2/c1-22-27(8-7-9-28(22)37-32(43)24-10-12-26(13-11-24)34(3,4)5)25-20-29(33(44)40(6)21-25)36-30-14-15-31(39-38-30)42-18-16-41(17-19-42)23(2)35/h7-15,20-21,23H,16-19H2,1-6H3,(H,36,38)(H,37,43). The molecule has 3 heterocycles. The molecule has 0 aliphatic carbocycles. The van der Waals surface area contributed by atoms with Crippen LogP contribution in [0.15, 0.2) is 71.7 Å². The minimum absolute atomic E-state index is 0.0164. The third-order valence-corrected chi connectivity index (χ3v) is 8.93. The van der Waals surface area contributed by atoms with Crippen LogP contribution in [0.4, 0.5) is 23.0 Å². The number of pyridine rings is 1. The fraction of sp³-hybridized carbons (Fsp3) is 0.353. The number of nitrogens with zero attached hydrogens (tertiary/aromatic N) is 5. The number of halogens is 1. The molecule has 9 nitrogen and oxygen atoms in total. The lowest BCUT2D eigenvalue weighted by Gasteiger charge is -2.36. The van der Waals surface area contributed by atoms with Crippen molar-refractivity contribution in [3.63, 3.8) is 0 Å².